The average Bonchev–Trinajstić information content (AvgIpc) is 2.48. The lowest BCUT2D eigenvalue weighted by atomic mass is 10.2. The highest BCUT2D eigenvalue weighted by Crippen LogP contribution is 2.36. The molecule has 0 fully saturated rings. The first-order valence-electron chi connectivity index (χ1n) is 6.77. The molecule has 0 radical (unpaired) electrons. The van der Waals surface area contributed by atoms with E-state index in [0.29, 0.717) is 13.2 Å². The molecule has 0 atom stereocenters. The van der Waals surface area contributed by atoms with Gasteiger partial charge in [0, 0.05) is 12.2 Å². The number of nitrogens with one attached hydrogen (secondary N) is 2. The van der Waals surface area contributed by atoms with E-state index in [0.717, 1.165) is 27.2 Å². The van der Waals surface area contributed by atoms with E-state index in [-0.39, 0.29) is 0 Å². The third-order valence-electron chi connectivity index (χ3n) is 2.87. The second-order valence-corrected chi connectivity index (χ2v) is 5.24. The smallest absolute Gasteiger partial charge is 0.174 e. The quantitative estimate of drug-likeness (QED) is 0.741. The van der Waals surface area contributed by atoms with Crippen molar-refractivity contribution in [3.05, 3.63) is 52.5 Å². The van der Waals surface area contributed by atoms with Crippen LogP contribution < -0.4 is 20.3 Å². The molecule has 0 spiro atoms. The molecular formula is C16H19BrN2O2. The van der Waals surface area contributed by atoms with Gasteiger partial charge in [-0.1, -0.05) is 18.2 Å². The molecule has 0 saturated heterocycles. The minimum absolute atomic E-state index is 0.599. The van der Waals surface area contributed by atoms with Crippen LogP contribution in [0.25, 0.3) is 0 Å². The lowest BCUT2D eigenvalue weighted by molar-refractivity contribution is 0.309. The number of hydrazine groups is 1. The first kappa shape index (κ1) is 15.7. The van der Waals surface area contributed by atoms with Gasteiger partial charge in [-0.3, -0.25) is 0 Å². The summed E-state index contributed by atoms with van der Waals surface area (Å²) in [5.74, 6) is 1.46. The van der Waals surface area contributed by atoms with Gasteiger partial charge in [-0.05, 0) is 52.7 Å². The maximum atomic E-state index is 5.61. The van der Waals surface area contributed by atoms with E-state index in [4.69, 9.17) is 9.47 Å². The largest absolute Gasteiger partial charge is 0.492 e. The standard InChI is InChI=1S/C16H19BrN2O2/c1-3-21-15-10-12(9-14(17)16(15)20-2)11-18-19-13-7-5-4-6-8-13/h4-10,18-19H,3,11H2,1-2H3. The summed E-state index contributed by atoms with van der Waals surface area (Å²) in [6, 6.07) is 14.0. The number of para-hydroxylation sites is 1. The van der Waals surface area contributed by atoms with Crippen molar-refractivity contribution in [2.75, 3.05) is 19.1 Å². The number of rotatable bonds is 7. The van der Waals surface area contributed by atoms with Crippen LogP contribution >= 0.6 is 15.9 Å². The number of halogens is 1. The van der Waals surface area contributed by atoms with Crippen LogP contribution in [0.3, 0.4) is 0 Å². The van der Waals surface area contributed by atoms with Gasteiger partial charge >= 0.3 is 0 Å². The zero-order valence-corrected chi connectivity index (χ0v) is 13.7. The zero-order chi connectivity index (χ0) is 15.1. The highest BCUT2D eigenvalue weighted by molar-refractivity contribution is 9.10. The summed E-state index contributed by atoms with van der Waals surface area (Å²) in [5, 5.41) is 0. The van der Waals surface area contributed by atoms with Crippen molar-refractivity contribution in [3.8, 4) is 11.5 Å². The number of hydrogen-bond donors (Lipinski definition) is 2. The van der Waals surface area contributed by atoms with Crippen molar-refractivity contribution >= 4 is 21.6 Å². The lowest BCUT2D eigenvalue weighted by Gasteiger charge is -2.14. The molecule has 112 valence electrons. The van der Waals surface area contributed by atoms with Crippen LogP contribution in [0.2, 0.25) is 0 Å². The molecule has 2 N–H and O–H groups in total. The number of methoxy groups -OCH3 is 1. The third-order valence-corrected chi connectivity index (χ3v) is 3.46. The molecule has 0 saturated carbocycles. The Morgan fingerprint density at radius 2 is 1.90 bits per heavy atom. The summed E-state index contributed by atoms with van der Waals surface area (Å²) in [6.45, 7) is 3.22. The lowest BCUT2D eigenvalue weighted by Crippen LogP contribution is -2.20. The highest BCUT2D eigenvalue weighted by Gasteiger charge is 2.10. The molecular weight excluding hydrogens is 332 g/mol. The fraction of sp³-hybridized carbons (Fsp3) is 0.250. The minimum atomic E-state index is 0.599. The molecule has 21 heavy (non-hydrogen) atoms. The average molecular weight is 351 g/mol. The van der Waals surface area contributed by atoms with Crippen molar-refractivity contribution in [3.63, 3.8) is 0 Å². The number of anilines is 1. The molecule has 0 aliphatic rings. The van der Waals surface area contributed by atoms with E-state index >= 15 is 0 Å². The molecule has 0 amide bonds. The molecule has 2 aromatic carbocycles. The predicted octanol–water partition coefficient (Wildman–Crippen LogP) is 3.97. The van der Waals surface area contributed by atoms with Gasteiger partial charge in [-0.25, -0.2) is 5.43 Å². The van der Waals surface area contributed by atoms with Gasteiger partial charge in [0.05, 0.1) is 18.2 Å². The molecule has 2 aromatic rings. The van der Waals surface area contributed by atoms with Crippen LogP contribution in [-0.2, 0) is 6.54 Å². The fourth-order valence-corrected chi connectivity index (χ4v) is 2.61. The van der Waals surface area contributed by atoms with Gasteiger partial charge in [-0.15, -0.1) is 0 Å². The molecule has 0 heterocycles. The van der Waals surface area contributed by atoms with E-state index in [1.807, 2.05) is 49.4 Å². The maximum Gasteiger partial charge on any atom is 0.174 e. The van der Waals surface area contributed by atoms with E-state index in [1.165, 1.54) is 0 Å². The summed E-state index contributed by atoms with van der Waals surface area (Å²) in [5.41, 5.74) is 8.46. The van der Waals surface area contributed by atoms with Gasteiger partial charge in [0.15, 0.2) is 11.5 Å². The monoisotopic (exact) mass is 350 g/mol. The van der Waals surface area contributed by atoms with Crippen molar-refractivity contribution in [2.24, 2.45) is 0 Å². The Balaban J connectivity index is 2.03. The Labute approximate surface area is 133 Å². The van der Waals surface area contributed by atoms with Gasteiger partial charge in [-0.2, -0.15) is 0 Å². The number of benzene rings is 2. The number of ether oxygens (including phenoxy) is 2. The van der Waals surface area contributed by atoms with Crippen LogP contribution in [0.5, 0.6) is 11.5 Å². The van der Waals surface area contributed by atoms with Gasteiger partial charge < -0.3 is 14.9 Å². The zero-order valence-electron chi connectivity index (χ0n) is 12.2. The van der Waals surface area contributed by atoms with Gasteiger partial charge in [0.25, 0.3) is 0 Å². The van der Waals surface area contributed by atoms with Crippen molar-refractivity contribution < 1.29 is 9.47 Å². The van der Waals surface area contributed by atoms with Gasteiger partial charge in [0.1, 0.15) is 0 Å². The SMILES string of the molecule is CCOc1cc(CNNc2ccccc2)cc(Br)c1OC. The maximum absolute atomic E-state index is 5.61. The molecule has 0 aromatic heterocycles. The van der Waals surface area contributed by atoms with Crippen molar-refractivity contribution in [2.45, 2.75) is 13.5 Å². The summed E-state index contributed by atoms with van der Waals surface area (Å²) >= 11 is 3.51. The predicted molar refractivity (Wildman–Crippen MR) is 88.8 cm³/mol. The molecule has 0 bridgehead atoms. The summed E-state index contributed by atoms with van der Waals surface area (Å²) < 4.78 is 11.8. The van der Waals surface area contributed by atoms with Crippen LogP contribution in [0, 0.1) is 0 Å². The van der Waals surface area contributed by atoms with E-state index in [1.54, 1.807) is 7.11 Å². The van der Waals surface area contributed by atoms with Crippen LogP contribution in [-0.4, -0.2) is 13.7 Å². The summed E-state index contributed by atoms with van der Waals surface area (Å²) in [6.07, 6.45) is 0. The highest BCUT2D eigenvalue weighted by atomic mass is 79.9. The molecule has 0 aliphatic carbocycles. The molecule has 2 rings (SSSR count). The van der Waals surface area contributed by atoms with Gasteiger partial charge in [0.2, 0.25) is 0 Å². The second-order valence-electron chi connectivity index (χ2n) is 4.39. The van der Waals surface area contributed by atoms with Crippen molar-refractivity contribution in [1.82, 2.24) is 5.43 Å². The van der Waals surface area contributed by atoms with Crippen LogP contribution in [0.15, 0.2) is 46.9 Å². The Morgan fingerprint density at radius 1 is 1.14 bits per heavy atom. The molecule has 0 aliphatic heterocycles. The molecule has 4 nitrogen and oxygen atoms in total. The molecule has 0 unspecified atom stereocenters. The number of hydrogen-bond acceptors (Lipinski definition) is 4. The minimum Gasteiger partial charge on any atom is -0.492 e. The topological polar surface area (TPSA) is 42.5 Å². The summed E-state index contributed by atoms with van der Waals surface area (Å²) in [4.78, 5) is 0. The van der Waals surface area contributed by atoms with Crippen LogP contribution in [0.4, 0.5) is 5.69 Å². The second kappa shape index (κ2) is 7.90. The Kier molecular flexibility index (Phi) is 5.90. The summed E-state index contributed by atoms with van der Waals surface area (Å²) in [7, 11) is 1.64. The normalized spacial score (nSPS) is 10.2. The Hall–Kier alpha value is -1.72. The third kappa shape index (κ3) is 4.37. The van der Waals surface area contributed by atoms with E-state index in [9.17, 15) is 0 Å². The van der Waals surface area contributed by atoms with E-state index < -0.39 is 0 Å². The fourth-order valence-electron chi connectivity index (χ4n) is 1.95. The van der Waals surface area contributed by atoms with E-state index in [2.05, 4.69) is 26.8 Å². The molecule has 5 heteroatoms. The first-order chi connectivity index (χ1) is 10.2. The Bertz CT molecular complexity index is 576. The Morgan fingerprint density at radius 3 is 2.57 bits per heavy atom. The van der Waals surface area contributed by atoms with Crippen molar-refractivity contribution in [1.29, 1.82) is 0 Å². The van der Waals surface area contributed by atoms with Crippen LogP contribution in [0.1, 0.15) is 12.5 Å². The first-order valence-corrected chi connectivity index (χ1v) is 7.57.